The van der Waals surface area contributed by atoms with E-state index in [1.165, 1.54) is 12.1 Å². The van der Waals surface area contributed by atoms with E-state index in [1.54, 1.807) is 36.4 Å². The number of hydrogen-bond donors (Lipinski definition) is 0. The molecular weight excluding hydrogens is 394 g/mol. The van der Waals surface area contributed by atoms with E-state index in [4.69, 9.17) is 16.3 Å². The molecule has 0 radical (unpaired) electrons. The lowest BCUT2D eigenvalue weighted by atomic mass is 9.79. The molecular formula is C22H28ClNO3S. The van der Waals surface area contributed by atoms with Crippen LogP contribution in [-0.2, 0) is 9.84 Å². The maximum absolute atomic E-state index is 12.8. The second kappa shape index (κ2) is 7.36. The van der Waals surface area contributed by atoms with Crippen molar-refractivity contribution in [3.05, 3.63) is 53.6 Å². The van der Waals surface area contributed by atoms with Crippen LogP contribution in [0.25, 0.3) is 0 Å². The predicted molar refractivity (Wildman–Crippen MR) is 113 cm³/mol. The Labute approximate surface area is 173 Å². The zero-order valence-corrected chi connectivity index (χ0v) is 18.6. The van der Waals surface area contributed by atoms with Crippen LogP contribution in [0.1, 0.15) is 40.5 Å². The first kappa shape index (κ1) is 21.2. The van der Waals surface area contributed by atoms with Crippen LogP contribution >= 0.6 is 11.6 Å². The minimum absolute atomic E-state index is 0.0320. The van der Waals surface area contributed by atoms with Crippen molar-refractivity contribution < 1.29 is 13.2 Å². The molecule has 0 bridgehead atoms. The van der Waals surface area contributed by atoms with Crippen LogP contribution in [0.15, 0.2) is 58.3 Å². The number of hydrogen-bond acceptors (Lipinski definition) is 4. The topological polar surface area (TPSA) is 46.6 Å². The monoisotopic (exact) mass is 421 g/mol. The van der Waals surface area contributed by atoms with E-state index >= 15 is 0 Å². The summed E-state index contributed by atoms with van der Waals surface area (Å²) in [6.07, 6.45) is 1.91. The first-order valence-electron chi connectivity index (χ1n) is 9.43. The van der Waals surface area contributed by atoms with Crippen molar-refractivity contribution in [2.75, 3.05) is 7.05 Å². The summed E-state index contributed by atoms with van der Waals surface area (Å²) in [5, 5.41) is 0.506. The Balaban J connectivity index is 1.77. The van der Waals surface area contributed by atoms with Gasteiger partial charge in [-0.05, 0) is 83.3 Å². The van der Waals surface area contributed by atoms with Crippen molar-refractivity contribution in [1.29, 1.82) is 0 Å². The molecule has 0 unspecified atom stereocenters. The molecule has 0 amide bonds. The third-order valence-electron chi connectivity index (χ3n) is 5.83. The van der Waals surface area contributed by atoms with Crippen LogP contribution < -0.4 is 4.74 Å². The SMILES string of the molecule is CN1C(C)(C)CC(Oc2ccc(S(=O)(=O)c3ccc(Cl)cc3)cc2)CC1(C)C. The highest BCUT2D eigenvalue weighted by Gasteiger charge is 2.43. The zero-order chi connectivity index (χ0) is 20.7. The average molecular weight is 422 g/mol. The van der Waals surface area contributed by atoms with Gasteiger partial charge >= 0.3 is 0 Å². The molecule has 1 fully saturated rings. The van der Waals surface area contributed by atoms with E-state index in [0.29, 0.717) is 10.8 Å². The van der Waals surface area contributed by atoms with Gasteiger partial charge in [0.1, 0.15) is 11.9 Å². The van der Waals surface area contributed by atoms with E-state index in [0.717, 1.165) is 12.8 Å². The first-order valence-corrected chi connectivity index (χ1v) is 11.3. The molecule has 0 N–H and O–H groups in total. The number of rotatable bonds is 4. The van der Waals surface area contributed by atoms with Crippen molar-refractivity contribution in [1.82, 2.24) is 4.90 Å². The summed E-state index contributed by atoms with van der Waals surface area (Å²) in [5.41, 5.74) is 0.0640. The number of likely N-dealkylation sites (tertiary alicyclic amines) is 1. The summed E-state index contributed by atoms with van der Waals surface area (Å²) in [6, 6.07) is 12.9. The molecule has 1 heterocycles. The van der Waals surface area contributed by atoms with E-state index in [2.05, 4.69) is 39.6 Å². The van der Waals surface area contributed by atoms with Gasteiger partial charge in [0.15, 0.2) is 0 Å². The fraction of sp³-hybridized carbons (Fsp3) is 0.455. The molecule has 1 aliphatic heterocycles. The number of piperidine rings is 1. The summed E-state index contributed by atoms with van der Waals surface area (Å²) in [5.74, 6) is 0.691. The Hall–Kier alpha value is -1.56. The largest absolute Gasteiger partial charge is 0.490 e. The van der Waals surface area contributed by atoms with E-state index in [1.807, 2.05) is 0 Å². The standard InChI is InChI=1S/C22H28ClNO3S/c1-21(2)14-18(15-22(3,4)24(21)5)27-17-8-12-20(13-9-17)28(25,26)19-10-6-16(23)7-11-19/h6-13,18H,14-15H2,1-5H3. The van der Waals surface area contributed by atoms with Gasteiger partial charge in [-0.15, -0.1) is 0 Å². The van der Waals surface area contributed by atoms with Crippen molar-refractivity contribution >= 4 is 21.4 Å². The molecule has 1 aliphatic rings. The average Bonchev–Trinajstić information content (AvgIpc) is 2.60. The number of sulfone groups is 1. The van der Waals surface area contributed by atoms with Gasteiger partial charge in [0.25, 0.3) is 0 Å². The third kappa shape index (κ3) is 4.22. The summed E-state index contributed by atoms with van der Waals surface area (Å²) in [4.78, 5) is 2.87. The molecule has 152 valence electrons. The Morgan fingerprint density at radius 1 is 0.893 bits per heavy atom. The highest BCUT2D eigenvalue weighted by molar-refractivity contribution is 7.91. The van der Waals surface area contributed by atoms with Crippen LogP contribution in [0.3, 0.4) is 0 Å². The lowest BCUT2D eigenvalue weighted by Gasteiger charge is -2.53. The smallest absolute Gasteiger partial charge is 0.206 e. The molecule has 4 nitrogen and oxygen atoms in total. The molecule has 0 saturated carbocycles. The highest BCUT2D eigenvalue weighted by Crippen LogP contribution is 2.38. The van der Waals surface area contributed by atoms with E-state index < -0.39 is 9.84 Å². The fourth-order valence-electron chi connectivity index (χ4n) is 4.00. The van der Waals surface area contributed by atoms with E-state index in [-0.39, 0.29) is 27.0 Å². The van der Waals surface area contributed by atoms with Crippen molar-refractivity contribution in [2.24, 2.45) is 0 Å². The molecule has 2 aromatic rings. The third-order valence-corrected chi connectivity index (χ3v) is 7.87. The number of benzene rings is 2. The minimum Gasteiger partial charge on any atom is -0.490 e. The highest BCUT2D eigenvalue weighted by atomic mass is 35.5. The maximum Gasteiger partial charge on any atom is 0.206 e. The number of nitrogens with zero attached hydrogens (tertiary/aromatic N) is 1. The Kier molecular flexibility index (Phi) is 5.56. The molecule has 3 rings (SSSR count). The lowest BCUT2D eigenvalue weighted by Crippen LogP contribution is -2.60. The number of ether oxygens (including phenoxy) is 1. The Morgan fingerprint density at radius 3 is 1.79 bits per heavy atom. The molecule has 2 aromatic carbocycles. The van der Waals surface area contributed by atoms with Crippen molar-refractivity contribution in [2.45, 2.75) is 67.5 Å². The van der Waals surface area contributed by atoms with Gasteiger partial charge in [-0.1, -0.05) is 11.6 Å². The molecule has 0 aliphatic carbocycles. The molecule has 6 heteroatoms. The quantitative estimate of drug-likeness (QED) is 0.680. The molecule has 28 heavy (non-hydrogen) atoms. The predicted octanol–water partition coefficient (Wildman–Crippen LogP) is 5.20. The molecule has 0 aromatic heterocycles. The van der Waals surface area contributed by atoms with Crippen LogP contribution in [0.4, 0.5) is 0 Å². The normalized spacial score (nSPS) is 20.1. The van der Waals surface area contributed by atoms with Gasteiger partial charge in [-0.25, -0.2) is 8.42 Å². The lowest BCUT2D eigenvalue weighted by molar-refractivity contribution is -0.0556. The van der Waals surface area contributed by atoms with Crippen molar-refractivity contribution in [3.63, 3.8) is 0 Å². The van der Waals surface area contributed by atoms with Gasteiger partial charge < -0.3 is 4.74 Å². The molecule has 0 atom stereocenters. The Morgan fingerprint density at radius 2 is 1.32 bits per heavy atom. The first-order chi connectivity index (χ1) is 12.9. The second-order valence-electron chi connectivity index (χ2n) is 8.76. The van der Waals surface area contributed by atoms with Crippen LogP contribution in [0.5, 0.6) is 5.75 Å². The summed E-state index contributed by atoms with van der Waals surface area (Å²) in [6.45, 7) is 8.91. The number of halogens is 1. The summed E-state index contributed by atoms with van der Waals surface area (Å²) in [7, 11) is -1.41. The van der Waals surface area contributed by atoms with Crippen LogP contribution in [-0.4, -0.2) is 37.5 Å². The van der Waals surface area contributed by atoms with Gasteiger partial charge in [0, 0.05) is 28.9 Å². The van der Waals surface area contributed by atoms with Crippen LogP contribution in [0, 0.1) is 0 Å². The van der Waals surface area contributed by atoms with Gasteiger partial charge in [-0.2, -0.15) is 0 Å². The van der Waals surface area contributed by atoms with Gasteiger partial charge in [0.05, 0.1) is 9.79 Å². The zero-order valence-electron chi connectivity index (χ0n) is 17.1. The van der Waals surface area contributed by atoms with Gasteiger partial charge in [-0.3, -0.25) is 4.90 Å². The molecule has 0 spiro atoms. The Bertz CT molecular complexity index is 917. The molecule has 1 saturated heterocycles. The second-order valence-corrected chi connectivity index (χ2v) is 11.1. The fourth-order valence-corrected chi connectivity index (χ4v) is 5.39. The maximum atomic E-state index is 12.8. The van der Waals surface area contributed by atoms with Gasteiger partial charge in [0.2, 0.25) is 9.84 Å². The van der Waals surface area contributed by atoms with Crippen molar-refractivity contribution in [3.8, 4) is 5.75 Å². The van der Waals surface area contributed by atoms with E-state index in [9.17, 15) is 8.42 Å². The summed E-state index contributed by atoms with van der Waals surface area (Å²) >= 11 is 5.86. The minimum atomic E-state index is -3.57. The van der Waals surface area contributed by atoms with Crippen LogP contribution in [0.2, 0.25) is 5.02 Å². The summed E-state index contributed by atoms with van der Waals surface area (Å²) < 4.78 is 31.8.